The van der Waals surface area contributed by atoms with Crippen molar-refractivity contribution in [2.24, 2.45) is 0 Å². The molecule has 2 aromatic carbocycles. The van der Waals surface area contributed by atoms with E-state index in [0.717, 1.165) is 23.1 Å². The number of thiazole rings is 1. The SMILES string of the molecule is COc1ccc(C(=O)OCc2nc3ccccc3s2)cc1S(=O)(=O)N1CCCC1. The number of para-hydroxylation sites is 1. The first-order chi connectivity index (χ1) is 14.0. The Morgan fingerprint density at radius 2 is 1.93 bits per heavy atom. The van der Waals surface area contributed by atoms with E-state index in [0.29, 0.717) is 18.1 Å². The number of rotatable bonds is 6. The zero-order chi connectivity index (χ0) is 20.4. The molecule has 0 aliphatic carbocycles. The molecule has 7 nitrogen and oxygen atoms in total. The Bertz CT molecular complexity index is 1120. The van der Waals surface area contributed by atoms with Gasteiger partial charge in [0.05, 0.1) is 22.9 Å². The molecule has 0 amide bonds. The Morgan fingerprint density at radius 3 is 2.66 bits per heavy atom. The topological polar surface area (TPSA) is 85.8 Å². The molecule has 9 heteroatoms. The molecule has 1 fully saturated rings. The third kappa shape index (κ3) is 3.98. The molecule has 0 saturated carbocycles. The van der Waals surface area contributed by atoms with Crippen molar-refractivity contribution in [2.45, 2.75) is 24.3 Å². The van der Waals surface area contributed by atoms with E-state index < -0.39 is 16.0 Å². The second kappa shape index (κ2) is 8.10. The lowest BCUT2D eigenvalue weighted by Gasteiger charge is -2.18. The zero-order valence-electron chi connectivity index (χ0n) is 15.8. The van der Waals surface area contributed by atoms with Gasteiger partial charge in [-0.1, -0.05) is 12.1 Å². The van der Waals surface area contributed by atoms with Gasteiger partial charge in [0, 0.05) is 13.1 Å². The van der Waals surface area contributed by atoms with E-state index in [4.69, 9.17) is 9.47 Å². The van der Waals surface area contributed by atoms with Crippen molar-refractivity contribution in [3.05, 3.63) is 53.0 Å². The number of benzene rings is 2. The van der Waals surface area contributed by atoms with Crippen molar-refractivity contribution in [1.29, 1.82) is 0 Å². The van der Waals surface area contributed by atoms with E-state index >= 15 is 0 Å². The van der Waals surface area contributed by atoms with E-state index in [1.54, 1.807) is 0 Å². The molecular weight excluding hydrogens is 412 g/mol. The van der Waals surface area contributed by atoms with Gasteiger partial charge in [0.15, 0.2) is 0 Å². The van der Waals surface area contributed by atoms with Crippen LogP contribution in [0.25, 0.3) is 10.2 Å². The van der Waals surface area contributed by atoms with Crippen molar-refractivity contribution in [3.8, 4) is 5.75 Å². The molecule has 29 heavy (non-hydrogen) atoms. The van der Waals surface area contributed by atoms with Crippen molar-refractivity contribution in [2.75, 3.05) is 20.2 Å². The Balaban J connectivity index is 1.55. The fourth-order valence-electron chi connectivity index (χ4n) is 3.27. The summed E-state index contributed by atoms with van der Waals surface area (Å²) in [5.41, 5.74) is 1.01. The molecule has 0 spiro atoms. The van der Waals surface area contributed by atoms with Gasteiger partial charge in [-0.25, -0.2) is 18.2 Å². The fourth-order valence-corrected chi connectivity index (χ4v) is 5.84. The molecule has 152 valence electrons. The van der Waals surface area contributed by atoms with Crippen molar-refractivity contribution >= 4 is 37.5 Å². The van der Waals surface area contributed by atoms with Crippen molar-refractivity contribution in [3.63, 3.8) is 0 Å². The largest absolute Gasteiger partial charge is 0.495 e. The van der Waals surface area contributed by atoms with E-state index in [9.17, 15) is 13.2 Å². The molecule has 1 aromatic heterocycles. The molecule has 0 unspecified atom stereocenters. The van der Waals surface area contributed by atoms with Crippen LogP contribution in [-0.2, 0) is 21.4 Å². The fraction of sp³-hybridized carbons (Fsp3) is 0.300. The van der Waals surface area contributed by atoms with Gasteiger partial charge in [-0.3, -0.25) is 0 Å². The predicted molar refractivity (Wildman–Crippen MR) is 110 cm³/mol. The summed E-state index contributed by atoms with van der Waals surface area (Å²) in [6.45, 7) is 0.966. The van der Waals surface area contributed by atoms with Crippen molar-refractivity contribution in [1.82, 2.24) is 9.29 Å². The third-order valence-electron chi connectivity index (χ3n) is 4.75. The molecule has 0 bridgehead atoms. The molecule has 4 rings (SSSR count). The van der Waals surface area contributed by atoms with Crippen LogP contribution >= 0.6 is 11.3 Å². The van der Waals surface area contributed by atoms with Crippen LogP contribution in [-0.4, -0.2) is 43.9 Å². The van der Waals surface area contributed by atoms with Crippen LogP contribution in [0, 0.1) is 0 Å². The first-order valence-electron chi connectivity index (χ1n) is 9.19. The highest BCUT2D eigenvalue weighted by atomic mass is 32.2. The van der Waals surface area contributed by atoms with Gasteiger partial charge in [0.25, 0.3) is 0 Å². The number of ether oxygens (including phenoxy) is 2. The lowest BCUT2D eigenvalue weighted by molar-refractivity contribution is 0.0472. The van der Waals surface area contributed by atoms with Crippen LogP contribution in [0.2, 0.25) is 0 Å². The summed E-state index contributed by atoms with van der Waals surface area (Å²) in [7, 11) is -2.33. The molecule has 3 aromatic rings. The molecule has 0 atom stereocenters. The summed E-state index contributed by atoms with van der Waals surface area (Å²) >= 11 is 1.45. The number of nitrogens with zero attached hydrogens (tertiary/aromatic N) is 2. The number of hydrogen-bond acceptors (Lipinski definition) is 7. The molecule has 1 saturated heterocycles. The van der Waals surface area contributed by atoms with Crippen LogP contribution < -0.4 is 4.74 Å². The lowest BCUT2D eigenvalue weighted by atomic mass is 10.2. The van der Waals surface area contributed by atoms with Gasteiger partial charge in [-0.2, -0.15) is 4.31 Å². The smallest absolute Gasteiger partial charge is 0.338 e. The second-order valence-corrected chi connectivity index (χ2v) is 9.65. The first-order valence-corrected chi connectivity index (χ1v) is 11.4. The number of fused-ring (bicyclic) bond motifs is 1. The van der Waals surface area contributed by atoms with Crippen LogP contribution in [0.5, 0.6) is 5.75 Å². The monoisotopic (exact) mass is 432 g/mol. The van der Waals surface area contributed by atoms with Crippen LogP contribution in [0.1, 0.15) is 28.2 Å². The number of aromatic nitrogens is 1. The quantitative estimate of drug-likeness (QED) is 0.555. The number of carbonyl (C=O) groups excluding carboxylic acids is 1. The normalized spacial score (nSPS) is 14.9. The lowest BCUT2D eigenvalue weighted by Crippen LogP contribution is -2.28. The Labute approximate surface area is 172 Å². The summed E-state index contributed by atoms with van der Waals surface area (Å²) in [5, 5.41) is 0.679. The summed E-state index contributed by atoms with van der Waals surface area (Å²) in [5.74, 6) is -0.399. The second-order valence-electron chi connectivity index (χ2n) is 6.63. The van der Waals surface area contributed by atoms with Gasteiger partial charge in [0.2, 0.25) is 10.0 Å². The van der Waals surface area contributed by atoms with Gasteiger partial charge in [-0.15, -0.1) is 11.3 Å². The number of sulfonamides is 1. The minimum Gasteiger partial charge on any atom is -0.495 e. The van der Waals surface area contributed by atoms with Crippen LogP contribution in [0.4, 0.5) is 0 Å². The van der Waals surface area contributed by atoms with Crippen LogP contribution in [0.15, 0.2) is 47.4 Å². The molecule has 1 aliphatic heterocycles. The highest BCUT2D eigenvalue weighted by Crippen LogP contribution is 2.30. The molecule has 1 aliphatic rings. The van der Waals surface area contributed by atoms with E-state index in [1.807, 2.05) is 24.3 Å². The maximum Gasteiger partial charge on any atom is 0.338 e. The molecular formula is C20H20N2O5S2. The maximum atomic E-state index is 13.0. The summed E-state index contributed by atoms with van der Waals surface area (Å²) in [6.07, 6.45) is 1.65. The van der Waals surface area contributed by atoms with Gasteiger partial charge >= 0.3 is 5.97 Å². The molecule has 0 radical (unpaired) electrons. The predicted octanol–water partition coefficient (Wildman–Crippen LogP) is 3.45. The Morgan fingerprint density at radius 1 is 1.17 bits per heavy atom. The van der Waals surface area contributed by atoms with Gasteiger partial charge in [-0.05, 0) is 43.2 Å². The minimum absolute atomic E-state index is 0.0173. The van der Waals surface area contributed by atoms with Crippen LogP contribution in [0.3, 0.4) is 0 Å². The average Bonchev–Trinajstić information content (AvgIpc) is 3.41. The Hall–Kier alpha value is -2.49. The summed E-state index contributed by atoms with van der Waals surface area (Å²) in [4.78, 5) is 17.0. The van der Waals surface area contributed by atoms with Gasteiger partial charge < -0.3 is 9.47 Å². The van der Waals surface area contributed by atoms with E-state index in [-0.39, 0.29) is 22.8 Å². The standard InChI is InChI=1S/C20H20N2O5S2/c1-26-16-9-8-14(12-18(16)29(24,25)22-10-4-5-11-22)20(23)27-13-19-21-15-6-2-3-7-17(15)28-19/h2-3,6-9,12H,4-5,10-11,13H2,1H3. The number of hydrogen-bond donors (Lipinski definition) is 0. The summed E-state index contributed by atoms with van der Waals surface area (Å²) < 4.78 is 38.9. The van der Waals surface area contributed by atoms with Gasteiger partial charge in [0.1, 0.15) is 22.3 Å². The number of esters is 1. The molecule has 2 heterocycles. The highest BCUT2D eigenvalue weighted by molar-refractivity contribution is 7.89. The summed E-state index contributed by atoms with van der Waals surface area (Å²) in [6, 6.07) is 12.0. The minimum atomic E-state index is -3.73. The number of carbonyl (C=O) groups is 1. The maximum absolute atomic E-state index is 13.0. The van der Waals surface area contributed by atoms with E-state index in [2.05, 4.69) is 4.98 Å². The zero-order valence-corrected chi connectivity index (χ0v) is 17.5. The third-order valence-corrected chi connectivity index (χ3v) is 7.68. The van der Waals surface area contributed by atoms with E-state index in [1.165, 1.54) is 41.0 Å². The first kappa shape index (κ1) is 19.8. The Kier molecular flexibility index (Phi) is 5.53. The average molecular weight is 433 g/mol. The number of methoxy groups -OCH3 is 1. The highest BCUT2D eigenvalue weighted by Gasteiger charge is 2.30. The van der Waals surface area contributed by atoms with Crippen molar-refractivity contribution < 1.29 is 22.7 Å². The molecule has 0 N–H and O–H groups in total.